The second kappa shape index (κ2) is 9.83. The van der Waals surface area contributed by atoms with Gasteiger partial charge in [0, 0.05) is 30.1 Å². The molecule has 23 heavy (non-hydrogen) atoms. The predicted molar refractivity (Wildman–Crippen MR) is 104 cm³/mol. The number of aryl methyl sites for hydroxylation is 1. The van der Waals surface area contributed by atoms with E-state index in [0.29, 0.717) is 6.54 Å². The van der Waals surface area contributed by atoms with Crippen molar-refractivity contribution in [2.45, 2.75) is 51.6 Å². The number of hydrogen-bond donors (Lipinski definition) is 3. The maximum absolute atomic E-state index is 4.71. The topological polar surface area (TPSA) is 48.5 Å². The fourth-order valence-electron chi connectivity index (χ4n) is 2.11. The minimum atomic E-state index is 0.145. The van der Waals surface area contributed by atoms with Gasteiger partial charge in [0.05, 0.1) is 6.54 Å². The van der Waals surface area contributed by atoms with E-state index in [0.717, 1.165) is 25.6 Å². The molecule has 0 aromatic heterocycles. The van der Waals surface area contributed by atoms with Crippen LogP contribution < -0.4 is 16.0 Å². The van der Waals surface area contributed by atoms with Crippen LogP contribution in [0.25, 0.3) is 0 Å². The molecule has 0 bridgehead atoms. The highest BCUT2D eigenvalue weighted by Crippen LogP contribution is 2.22. The lowest BCUT2D eigenvalue weighted by atomic mass is 10.1. The van der Waals surface area contributed by atoms with Crippen molar-refractivity contribution in [3.8, 4) is 0 Å². The molecule has 4 nitrogen and oxygen atoms in total. The van der Waals surface area contributed by atoms with Gasteiger partial charge in [-0.25, -0.2) is 4.99 Å². The Bertz CT molecular complexity index is 506. The summed E-state index contributed by atoms with van der Waals surface area (Å²) in [7, 11) is 0. The van der Waals surface area contributed by atoms with Gasteiger partial charge in [-0.15, -0.1) is 11.8 Å². The first kappa shape index (κ1) is 19.8. The maximum atomic E-state index is 4.71. The van der Waals surface area contributed by atoms with Gasteiger partial charge in [0.1, 0.15) is 0 Å². The monoisotopic (exact) mass is 336 g/mol. The van der Waals surface area contributed by atoms with E-state index in [1.165, 1.54) is 16.0 Å². The molecule has 5 heteroatoms. The Morgan fingerprint density at radius 3 is 2.52 bits per heavy atom. The summed E-state index contributed by atoms with van der Waals surface area (Å²) < 4.78 is 0. The Labute approximate surface area is 145 Å². The van der Waals surface area contributed by atoms with Crippen molar-refractivity contribution >= 4 is 17.7 Å². The van der Waals surface area contributed by atoms with Gasteiger partial charge >= 0.3 is 0 Å². The molecule has 1 rings (SSSR count). The molecule has 0 saturated heterocycles. The summed E-state index contributed by atoms with van der Waals surface area (Å²) in [5, 5.41) is 10.2. The molecule has 0 unspecified atom stereocenters. The van der Waals surface area contributed by atoms with Gasteiger partial charge in [0.25, 0.3) is 0 Å². The Balaban J connectivity index is 2.61. The molecule has 0 amide bonds. The highest BCUT2D eigenvalue weighted by molar-refractivity contribution is 7.98. The lowest BCUT2D eigenvalue weighted by Crippen LogP contribution is -2.44. The number of hydrogen-bond acceptors (Lipinski definition) is 3. The second-order valence-corrected chi connectivity index (χ2v) is 7.46. The van der Waals surface area contributed by atoms with E-state index in [-0.39, 0.29) is 5.54 Å². The first-order valence-electron chi connectivity index (χ1n) is 8.26. The van der Waals surface area contributed by atoms with Crippen molar-refractivity contribution in [2.75, 3.05) is 25.9 Å². The van der Waals surface area contributed by atoms with E-state index in [9.17, 15) is 0 Å². The molecule has 0 saturated carbocycles. The van der Waals surface area contributed by atoms with Gasteiger partial charge in [0.15, 0.2) is 5.96 Å². The molecular formula is C18H32N4S. The molecule has 3 N–H and O–H groups in total. The highest BCUT2D eigenvalue weighted by atomic mass is 32.2. The van der Waals surface area contributed by atoms with Crippen LogP contribution >= 0.6 is 11.8 Å². The number of nitrogens with zero attached hydrogens (tertiary/aromatic N) is 1. The Kier molecular flexibility index (Phi) is 8.48. The first-order chi connectivity index (χ1) is 10.9. The largest absolute Gasteiger partial charge is 0.357 e. The standard InChI is InChI=1S/C18H32N4S/c1-7-19-17(20-10-11-22-18(3,4)5)21-13-15-9-8-14(2)12-16(15)23-6/h8-9,12,22H,7,10-11,13H2,1-6H3,(H2,19,20,21). The highest BCUT2D eigenvalue weighted by Gasteiger charge is 2.07. The molecule has 0 radical (unpaired) electrons. The van der Waals surface area contributed by atoms with E-state index in [1.54, 1.807) is 11.8 Å². The molecule has 0 fully saturated rings. The average molecular weight is 337 g/mol. The van der Waals surface area contributed by atoms with Gasteiger partial charge < -0.3 is 16.0 Å². The van der Waals surface area contributed by atoms with Gasteiger partial charge in [-0.1, -0.05) is 12.1 Å². The third-order valence-electron chi connectivity index (χ3n) is 3.27. The fourth-order valence-corrected chi connectivity index (χ4v) is 2.81. The lowest BCUT2D eigenvalue weighted by Gasteiger charge is -2.21. The average Bonchev–Trinajstić information content (AvgIpc) is 2.48. The van der Waals surface area contributed by atoms with Crippen LogP contribution in [0.15, 0.2) is 28.1 Å². The van der Waals surface area contributed by atoms with Crippen LogP contribution in [0.4, 0.5) is 0 Å². The predicted octanol–water partition coefficient (Wildman–Crippen LogP) is 3.16. The zero-order valence-electron chi connectivity index (χ0n) is 15.4. The quantitative estimate of drug-likeness (QED) is 0.310. The maximum Gasteiger partial charge on any atom is 0.191 e. The molecule has 1 aromatic rings. The van der Waals surface area contributed by atoms with Gasteiger partial charge in [-0.3, -0.25) is 0 Å². The summed E-state index contributed by atoms with van der Waals surface area (Å²) in [6, 6.07) is 6.55. The van der Waals surface area contributed by atoms with Gasteiger partial charge in [0.2, 0.25) is 0 Å². The van der Waals surface area contributed by atoms with E-state index in [1.807, 2.05) is 0 Å². The molecule has 0 heterocycles. The van der Waals surface area contributed by atoms with Crippen molar-refractivity contribution in [1.29, 1.82) is 0 Å². The smallest absolute Gasteiger partial charge is 0.191 e. The van der Waals surface area contributed by atoms with E-state index in [4.69, 9.17) is 4.99 Å². The molecular weight excluding hydrogens is 304 g/mol. The molecule has 0 spiro atoms. The summed E-state index contributed by atoms with van der Waals surface area (Å²) in [5.41, 5.74) is 2.71. The van der Waals surface area contributed by atoms with Crippen LogP contribution in [0.3, 0.4) is 0 Å². The normalized spacial score (nSPS) is 12.3. The SMILES string of the molecule is CCNC(=NCc1ccc(C)cc1SC)NCCNC(C)(C)C. The zero-order valence-corrected chi connectivity index (χ0v) is 16.2. The number of thioether (sulfide) groups is 1. The first-order valence-corrected chi connectivity index (χ1v) is 9.49. The lowest BCUT2D eigenvalue weighted by molar-refractivity contribution is 0.428. The Hall–Kier alpha value is -1.20. The van der Waals surface area contributed by atoms with Crippen molar-refractivity contribution in [3.05, 3.63) is 29.3 Å². The van der Waals surface area contributed by atoms with Crippen LogP contribution in [-0.2, 0) is 6.54 Å². The van der Waals surface area contributed by atoms with Crippen molar-refractivity contribution in [3.63, 3.8) is 0 Å². The molecule has 1 aromatic carbocycles. The number of nitrogens with one attached hydrogen (secondary N) is 3. The van der Waals surface area contributed by atoms with Gasteiger partial charge in [-0.2, -0.15) is 0 Å². The third kappa shape index (κ3) is 8.28. The summed E-state index contributed by atoms with van der Waals surface area (Å²) in [5.74, 6) is 0.871. The van der Waals surface area contributed by atoms with Crippen LogP contribution in [0.1, 0.15) is 38.8 Å². The summed E-state index contributed by atoms with van der Waals surface area (Å²) in [6.45, 7) is 14.1. The Morgan fingerprint density at radius 2 is 1.91 bits per heavy atom. The molecule has 0 aliphatic rings. The van der Waals surface area contributed by atoms with Crippen molar-refractivity contribution in [2.24, 2.45) is 4.99 Å². The number of rotatable bonds is 7. The Morgan fingerprint density at radius 1 is 1.17 bits per heavy atom. The summed E-state index contributed by atoms with van der Waals surface area (Å²) in [6.07, 6.45) is 2.11. The molecule has 0 aliphatic heterocycles. The summed E-state index contributed by atoms with van der Waals surface area (Å²) in [4.78, 5) is 6.01. The number of benzene rings is 1. The number of aliphatic imine (C=N–C) groups is 1. The van der Waals surface area contributed by atoms with Crippen molar-refractivity contribution in [1.82, 2.24) is 16.0 Å². The van der Waals surface area contributed by atoms with Crippen molar-refractivity contribution < 1.29 is 0 Å². The summed E-state index contributed by atoms with van der Waals surface area (Å²) >= 11 is 1.78. The molecule has 0 aliphatic carbocycles. The van der Waals surface area contributed by atoms with Crippen LogP contribution in [-0.4, -0.2) is 37.4 Å². The number of guanidine groups is 1. The van der Waals surface area contributed by atoms with Crippen LogP contribution in [0.5, 0.6) is 0 Å². The van der Waals surface area contributed by atoms with E-state index in [2.05, 4.69) is 75.0 Å². The zero-order chi connectivity index (χ0) is 17.3. The van der Waals surface area contributed by atoms with E-state index >= 15 is 0 Å². The molecule has 130 valence electrons. The second-order valence-electron chi connectivity index (χ2n) is 6.61. The molecule has 0 atom stereocenters. The van der Waals surface area contributed by atoms with E-state index < -0.39 is 0 Å². The third-order valence-corrected chi connectivity index (χ3v) is 4.09. The van der Waals surface area contributed by atoms with Crippen LogP contribution in [0.2, 0.25) is 0 Å². The fraction of sp³-hybridized carbons (Fsp3) is 0.611. The van der Waals surface area contributed by atoms with Gasteiger partial charge in [-0.05, 0) is 58.1 Å². The van der Waals surface area contributed by atoms with Crippen LogP contribution in [0, 0.1) is 6.92 Å². The minimum Gasteiger partial charge on any atom is -0.357 e. The minimum absolute atomic E-state index is 0.145.